The largest absolute Gasteiger partial charge is 0.478 e. The van der Waals surface area contributed by atoms with Gasteiger partial charge in [-0.05, 0) is 41.9 Å². The number of benzene rings is 2. The maximum absolute atomic E-state index is 11.4. The molecule has 0 atom stereocenters. The van der Waals surface area contributed by atoms with Crippen molar-refractivity contribution in [2.75, 3.05) is 0 Å². The highest BCUT2D eigenvalue weighted by molar-refractivity contribution is 7.71. The quantitative estimate of drug-likeness (QED) is 0.532. The Bertz CT molecular complexity index is 1050. The van der Waals surface area contributed by atoms with Crippen molar-refractivity contribution in [1.82, 2.24) is 14.8 Å². The third-order valence-corrected chi connectivity index (χ3v) is 4.14. The molecule has 0 saturated heterocycles. The average molecular weight is 363 g/mol. The molecule has 0 aliphatic rings. The molecule has 2 aromatic carbocycles. The zero-order valence-corrected chi connectivity index (χ0v) is 15.0. The van der Waals surface area contributed by atoms with Crippen LogP contribution >= 0.6 is 12.2 Å². The molecule has 1 heterocycles. The molecule has 0 amide bonds. The first-order valence-corrected chi connectivity index (χ1v) is 8.46. The Hall–Kier alpha value is -3.17. The summed E-state index contributed by atoms with van der Waals surface area (Å²) in [5.74, 6) is 5.72. The topological polar surface area (TPSA) is 70.9 Å². The lowest BCUT2D eigenvalue weighted by molar-refractivity contribution is 0.0697. The van der Waals surface area contributed by atoms with Gasteiger partial charge in [0.05, 0.1) is 18.5 Å². The molecular weight excluding hydrogens is 346 g/mol. The van der Waals surface area contributed by atoms with Gasteiger partial charge in [-0.1, -0.05) is 48.4 Å². The molecule has 0 aliphatic heterocycles. The fraction of sp³-hybridized carbons (Fsp3) is 0.150. The third-order valence-electron chi connectivity index (χ3n) is 3.96. The van der Waals surface area contributed by atoms with E-state index in [0.717, 1.165) is 17.0 Å². The zero-order valence-electron chi connectivity index (χ0n) is 14.2. The van der Waals surface area contributed by atoms with Crippen molar-refractivity contribution in [1.29, 1.82) is 0 Å². The summed E-state index contributed by atoms with van der Waals surface area (Å²) >= 11 is 5.12. The minimum Gasteiger partial charge on any atom is -0.478 e. The van der Waals surface area contributed by atoms with Gasteiger partial charge in [-0.2, -0.15) is 0 Å². The SMILES string of the molecule is CC#CCc1nc(=S)[nH]n1Cc1ccc(-c2ccccc2C(=O)O)cc1. The van der Waals surface area contributed by atoms with E-state index in [1.165, 1.54) is 0 Å². The van der Waals surface area contributed by atoms with E-state index in [4.69, 9.17) is 12.2 Å². The van der Waals surface area contributed by atoms with Crippen molar-refractivity contribution in [2.24, 2.45) is 0 Å². The van der Waals surface area contributed by atoms with E-state index in [1.54, 1.807) is 19.1 Å². The van der Waals surface area contributed by atoms with E-state index in [0.29, 0.717) is 28.9 Å². The van der Waals surface area contributed by atoms with Gasteiger partial charge in [0.25, 0.3) is 0 Å². The summed E-state index contributed by atoms with van der Waals surface area (Å²) in [6.07, 6.45) is 0.535. The summed E-state index contributed by atoms with van der Waals surface area (Å²) in [5.41, 5.74) is 2.91. The van der Waals surface area contributed by atoms with Crippen LogP contribution in [0.4, 0.5) is 0 Å². The van der Waals surface area contributed by atoms with Crippen molar-refractivity contribution in [3.05, 3.63) is 70.3 Å². The van der Waals surface area contributed by atoms with Crippen molar-refractivity contribution >= 4 is 18.2 Å². The Labute approximate surface area is 156 Å². The highest BCUT2D eigenvalue weighted by atomic mass is 32.1. The Morgan fingerprint density at radius 2 is 1.96 bits per heavy atom. The fourth-order valence-electron chi connectivity index (χ4n) is 2.71. The van der Waals surface area contributed by atoms with Crippen LogP contribution in [-0.4, -0.2) is 25.8 Å². The van der Waals surface area contributed by atoms with Crippen LogP contribution in [0.15, 0.2) is 48.5 Å². The Kier molecular flexibility index (Phi) is 5.30. The van der Waals surface area contributed by atoms with Crippen LogP contribution in [0, 0.1) is 16.6 Å². The lowest BCUT2D eigenvalue weighted by Gasteiger charge is -2.09. The molecule has 0 bridgehead atoms. The van der Waals surface area contributed by atoms with E-state index in [-0.39, 0.29) is 0 Å². The normalized spacial score (nSPS) is 10.2. The van der Waals surface area contributed by atoms with Crippen LogP contribution in [0.3, 0.4) is 0 Å². The van der Waals surface area contributed by atoms with Gasteiger partial charge < -0.3 is 5.11 Å². The number of aromatic carboxylic acids is 1. The van der Waals surface area contributed by atoms with Gasteiger partial charge in [-0.25, -0.2) is 9.78 Å². The maximum atomic E-state index is 11.4. The second kappa shape index (κ2) is 7.81. The number of hydrogen-bond donors (Lipinski definition) is 2. The smallest absolute Gasteiger partial charge is 0.336 e. The van der Waals surface area contributed by atoms with Crippen molar-refractivity contribution in [2.45, 2.75) is 19.9 Å². The standard InChI is InChI=1S/C20H17N3O2S/c1-2-3-8-18-21-20(26)22-23(18)13-14-9-11-15(12-10-14)16-6-4-5-7-17(16)19(24)25/h4-7,9-12H,8,13H2,1H3,(H,22,26)(H,24,25). The number of carbonyl (C=O) groups is 1. The van der Waals surface area contributed by atoms with Gasteiger partial charge in [0.1, 0.15) is 5.82 Å². The molecule has 130 valence electrons. The van der Waals surface area contributed by atoms with Crippen LogP contribution in [-0.2, 0) is 13.0 Å². The lowest BCUT2D eigenvalue weighted by atomic mass is 9.99. The number of carboxylic acid groups (broad SMARTS) is 1. The second-order valence-electron chi connectivity index (χ2n) is 5.68. The molecule has 0 spiro atoms. The molecule has 5 nitrogen and oxygen atoms in total. The highest BCUT2D eigenvalue weighted by Crippen LogP contribution is 2.24. The molecule has 26 heavy (non-hydrogen) atoms. The maximum Gasteiger partial charge on any atom is 0.336 e. The molecular formula is C20H17N3O2S. The first-order valence-electron chi connectivity index (χ1n) is 8.05. The molecule has 1 aromatic heterocycles. The van der Waals surface area contributed by atoms with Crippen LogP contribution in [0.5, 0.6) is 0 Å². The molecule has 0 radical (unpaired) electrons. The van der Waals surface area contributed by atoms with Crippen LogP contribution in [0.1, 0.15) is 28.7 Å². The second-order valence-corrected chi connectivity index (χ2v) is 6.07. The van der Waals surface area contributed by atoms with E-state index < -0.39 is 5.97 Å². The van der Waals surface area contributed by atoms with Crippen LogP contribution in [0.25, 0.3) is 11.1 Å². The summed E-state index contributed by atoms with van der Waals surface area (Å²) < 4.78 is 2.32. The van der Waals surface area contributed by atoms with Gasteiger partial charge in [-0.15, -0.1) is 5.92 Å². The molecule has 2 N–H and O–H groups in total. The Morgan fingerprint density at radius 1 is 1.23 bits per heavy atom. The van der Waals surface area contributed by atoms with Crippen molar-refractivity contribution in [3.8, 4) is 23.0 Å². The predicted octanol–water partition coefficient (Wildman–Crippen LogP) is 3.92. The molecule has 0 aliphatic carbocycles. The van der Waals surface area contributed by atoms with Gasteiger partial charge in [0.15, 0.2) is 0 Å². The minimum absolute atomic E-state index is 0.291. The van der Waals surface area contributed by atoms with E-state index in [2.05, 4.69) is 21.9 Å². The first-order chi connectivity index (χ1) is 12.6. The summed E-state index contributed by atoms with van der Waals surface area (Å²) in [5, 5.41) is 12.4. The first kappa shape index (κ1) is 17.6. The monoisotopic (exact) mass is 363 g/mol. The van der Waals surface area contributed by atoms with Crippen molar-refractivity contribution < 1.29 is 9.90 Å². The van der Waals surface area contributed by atoms with E-state index in [1.807, 2.05) is 41.1 Å². The van der Waals surface area contributed by atoms with Gasteiger partial charge >= 0.3 is 5.97 Å². The molecule has 3 rings (SSSR count). The molecule has 0 saturated carbocycles. The van der Waals surface area contributed by atoms with Crippen molar-refractivity contribution in [3.63, 3.8) is 0 Å². The number of aromatic nitrogens is 3. The zero-order chi connectivity index (χ0) is 18.5. The van der Waals surface area contributed by atoms with Crippen LogP contribution in [0.2, 0.25) is 0 Å². The van der Waals surface area contributed by atoms with E-state index >= 15 is 0 Å². The summed E-state index contributed by atoms with van der Waals surface area (Å²) in [7, 11) is 0. The number of nitrogens with one attached hydrogen (secondary N) is 1. The number of aromatic amines is 1. The predicted molar refractivity (Wildman–Crippen MR) is 103 cm³/mol. The summed E-state index contributed by atoms with van der Waals surface area (Å²) in [6, 6.07) is 14.8. The summed E-state index contributed by atoms with van der Waals surface area (Å²) in [4.78, 5) is 15.7. The highest BCUT2D eigenvalue weighted by Gasteiger charge is 2.11. The average Bonchev–Trinajstić information content (AvgIpc) is 2.99. The third kappa shape index (κ3) is 3.90. The number of carboxylic acids is 1. The lowest BCUT2D eigenvalue weighted by Crippen LogP contribution is -2.06. The number of hydrogen-bond acceptors (Lipinski definition) is 3. The van der Waals surface area contributed by atoms with E-state index in [9.17, 15) is 9.90 Å². The fourth-order valence-corrected chi connectivity index (χ4v) is 2.92. The van der Waals surface area contributed by atoms with Gasteiger partial charge in [-0.3, -0.25) is 9.78 Å². The Morgan fingerprint density at radius 3 is 2.65 bits per heavy atom. The molecule has 3 aromatic rings. The van der Waals surface area contributed by atoms with Gasteiger partial charge in [0, 0.05) is 0 Å². The Balaban J connectivity index is 1.86. The number of rotatable bonds is 5. The number of H-pyrrole nitrogens is 1. The molecule has 6 heteroatoms. The summed E-state index contributed by atoms with van der Waals surface area (Å²) in [6.45, 7) is 2.38. The van der Waals surface area contributed by atoms with Gasteiger partial charge in [0.2, 0.25) is 4.77 Å². The molecule has 0 fully saturated rings. The van der Waals surface area contributed by atoms with Crippen LogP contribution < -0.4 is 0 Å². The number of nitrogens with zero attached hydrogens (tertiary/aromatic N) is 2. The minimum atomic E-state index is -0.933. The molecule has 0 unspecified atom stereocenters.